The third-order valence-corrected chi connectivity index (χ3v) is 3.98. The predicted octanol–water partition coefficient (Wildman–Crippen LogP) is 1.96. The highest BCUT2D eigenvalue weighted by molar-refractivity contribution is 7.92. The third-order valence-electron chi connectivity index (χ3n) is 3.39. The van der Waals surface area contributed by atoms with Crippen LogP contribution in [0.1, 0.15) is 5.69 Å². The molecule has 4 N–H and O–H groups in total. The quantitative estimate of drug-likeness (QED) is 0.530. The highest BCUT2D eigenvalue weighted by atomic mass is 32.2. The van der Waals surface area contributed by atoms with Gasteiger partial charge in [-0.15, -0.1) is 0 Å². The van der Waals surface area contributed by atoms with E-state index in [0.29, 0.717) is 16.7 Å². The zero-order valence-electron chi connectivity index (χ0n) is 14.0. The number of carbonyl (C=O) groups excluding carboxylic acids is 1. The van der Waals surface area contributed by atoms with E-state index in [4.69, 9.17) is 0 Å². The van der Waals surface area contributed by atoms with E-state index in [2.05, 4.69) is 25.5 Å². The van der Waals surface area contributed by atoms with Crippen molar-refractivity contribution in [2.45, 2.75) is 6.92 Å². The minimum atomic E-state index is -3.80. The third kappa shape index (κ3) is 3.92. The van der Waals surface area contributed by atoms with E-state index in [-0.39, 0.29) is 5.82 Å². The lowest BCUT2D eigenvalue weighted by Gasteiger charge is -2.12. The molecule has 3 aromatic rings. The molecule has 3 rings (SSSR count). The number of aromatic nitrogens is 4. The summed E-state index contributed by atoms with van der Waals surface area (Å²) < 4.78 is 52.7. The Morgan fingerprint density at radius 2 is 1.93 bits per heavy atom. The molecule has 0 saturated carbocycles. The van der Waals surface area contributed by atoms with Crippen molar-refractivity contribution in [2.75, 3.05) is 21.6 Å². The zero-order valence-corrected chi connectivity index (χ0v) is 14.8. The van der Waals surface area contributed by atoms with Gasteiger partial charge in [-0.1, -0.05) is 0 Å². The van der Waals surface area contributed by atoms with Crippen LogP contribution in [-0.2, 0) is 10.0 Å². The van der Waals surface area contributed by atoms with Gasteiger partial charge in [-0.2, -0.15) is 5.10 Å². The molecule has 0 fully saturated rings. The molecular formula is C14H13F2N7O3S. The highest BCUT2D eigenvalue weighted by Gasteiger charge is 2.19. The molecule has 0 unspecified atom stereocenters. The van der Waals surface area contributed by atoms with Gasteiger partial charge in [-0.3, -0.25) is 15.1 Å². The molecule has 13 heteroatoms. The number of hydrogen-bond acceptors (Lipinski definition) is 6. The van der Waals surface area contributed by atoms with Gasteiger partial charge in [0.1, 0.15) is 23.6 Å². The number of urea groups is 1. The number of carbonyl (C=O) groups is 1. The van der Waals surface area contributed by atoms with E-state index < -0.39 is 39.1 Å². The van der Waals surface area contributed by atoms with E-state index in [9.17, 15) is 22.0 Å². The molecule has 10 nitrogen and oxygen atoms in total. The molecule has 0 atom stereocenters. The number of hydrogen-bond donors (Lipinski definition) is 4. The maximum absolute atomic E-state index is 14.4. The molecule has 2 heterocycles. The van der Waals surface area contributed by atoms with Gasteiger partial charge < -0.3 is 5.32 Å². The van der Waals surface area contributed by atoms with Crippen LogP contribution in [0.25, 0.3) is 11.0 Å². The van der Waals surface area contributed by atoms with E-state index in [1.54, 1.807) is 6.92 Å². The Kier molecular flexibility index (Phi) is 4.61. The minimum absolute atomic E-state index is 0.0787. The Morgan fingerprint density at radius 1 is 1.19 bits per heavy atom. The van der Waals surface area contributed by atoms with Gasteiger partial charge in [0, 0.05) is 5.69 Å². The number of rotatable bonds is 4. The lowest BCUT2D eigenvalue weighted by atomic mass is 10.2. The number of aromatic amines is 1. The molecule has 0 saturated heterocycles. The van der Waals surface area contributed by atoms with Crippen molar-refractivity contribution >= 4 is 44.3 Å². The van der Waals surface area contributed by atoms with Gasteiger partial charge in [0.05, 0.1) is 17.3 Å². The van der Waals surface area contributed by atoms with Crippen molar-refractivity contribution in [3.63, 3.8) is 0 Å². The zero-order chi connectivity index (χ0) is 19.8. The van der Waals surface area contributed by atoms with Crippen molar-refractivity contribution in [3.8, 4) is 0 Å². The average molecular weight is 397 g/mol. The number of amides is 2. The van der Waals surface area contributed by atoms with E-state index >= 15 is 0 Å². The van der Waals surface area contributed by atoms with Crippen LogP contribution in [0.2, 0.25) is 0 Å². The molecular weight excluding hydrogens is 384 g/mol. The van der Waals surface area contributed by atoms with Gasteiger partial charge in [0.15, 0.2) is 11.5 Å². The summed E-state index contributed by atoms with van der Waals surface area (Å²) >= 11 is 0. The normalized spacial score (nSPS) is 11.4. The molecule has 2 amide bonds. The molecule has 27 heavy (non-hydrogen) atoms. The number of H-pyrrole nitrogens is 1. The molecule has 0 bridgehead atoms. The Balaban J connectivity index is 1.87. The average Bonchev–Trinajstić information content (AvgIpc) is 2.95. The molecule has 1 aromatic carbocycles. The first-order valence-corrected chi connectivity index (χ1v) is 9.24. The van der Waals surface area contributed by atoms with Crippen LogP contribution in [0.4, 0.5) is 30.8 Å². The topological polar surface area (TPSA) is 142 Å². The summed E-state index contributed by atoms with van der Waals surface area (Å²) in [5.74, 6) is -2.29. The number of aryl methyl sites for hydroxylation is 1. The Labute approximate surface area is 151 Å². The standard InChI is InChI=1S/C14H13F2N7O3S/c1-6-9-12(17-5-18-13(9)22-21-6)20-14(24)19-11-7(15)3-4-8(10(11)16)23-27(2,25)26/h3-5,23H,1-2H3,(H3,17,18,19,20,21,22,24). The second-order valence-electron chi connectivity index (χ2n) is 5.51. The highest BCUT2D eigenvalue weighted by Crippen LogP contribution is 2.27. The first-order valence-electron chi connectivity index (χ1n) is 7.35. The number of halogens is 2. The number of fused-ring (bicyclic) bond motifs is 1. The summed E-state index contributed by atoms with van der Waals surface area (Å²) in [6, 6.07) is 0.720. The summed E-state index contributed by atoms with van der Waals surface area (Å²) in [6.45, 7) is 1.68. The molecule has 142 valence electrons. The summed E-state index contributed by atoms with van der Waals surface area (Å²) in [7, 11) is -3.80. The predicted molar refractivity (Wildman–Crippen MR) is 93.9 cm³/mol. The molecule has 0 aliphatic rings. The largest absolute Gasteiger partial charge is 0.325 e. The second-order valence-corrected chi connectivity index (χ2v) is 7.26. The summed E-state index contributed by atoms with van der Waals surface area (Å²) in [4.78, 5) is 20.0. The fourth-order valence-electron chi connectivity index (χ4n) is 2.29. The second kappa shape index (κ2) is 6.75. The van der Waals surface area contributed by atoms with Gasteiger partial charge in [0.2, 0.25) is 10.0 Å². The van der Waals surface area contributed by atoms with Crippen molar-refractivity contribution in [3.05, 3.63) is 35.8 Å². The van der Waals surface area contributed by atoms with Crippen LogP contribution in [0, 0.1) is 18.6 Å². The molecule has 0 spiro atoms. The first-order chi connectivity index (χ1) is 12.7. The minimum Gasteiger partial charge on any atom is -0.302 e. The van der Waals surface area contributed by atoms with Crippen molar-refractivity contribution in [1.82, 2.24) is 20.2 Å². The van der Waals surface area contributed by atoms with Gasteiger partial charge in [-0.05, 0) is 19.1 Å². The molecule has 2 aromatic heterocycles. The van der Waals surface area contributed by atoms with Crippen molar-refractivity contribution < 1.29 is 22.0 Å². The lowest BCUT2D eigenvalue weighted by Crippen LogP contribution is -2.22. The number of benzene rings is 1. The van der Waals surface area contributed by atoms with E-state index in [1.807, 2.05) is 10.0 Å². The van der Waals surface area contributed by atoms with Crippen molar-refractivity contribution in [1.29, 1.82) is 0 Å². The Morgan fingerprint density at radius 3 is 2.63 bits per heavy atom. The fraction of sp³-hybridized carbons (Fsp3) is 0.143. The maximum atomic E-state index is 14.4. The molecule has 0 aliphatic heterocycles. The van der Waals surface area contributed by atoms with Crippen LogP contribution < -0.4 is 15.4 Å². The summed E-state index contributed by atoms with van der Waals surface area (Å²) in [5, 5.41) is 11.4. The summed E-state index contributed by atoms with van der Waals surface area (Å²) in [6.07, 6.45) is 1.97. The number of nitrogens with one attached hydrogen (secondary N) is 4. The summed E-state index contributed by atoms with van der Waals surface area (Å²) in [5.41, 5.74) is -0.452. The van der Waals surface area contributed by atoms with Crippen LogP contribution >= 0.6 is 0 Å². The molecule has 0 radical (unpaired) electrons. The monoisotopic (exact) mass is 397 g/mol. The van der Waals surface area contributed by atoms with Crippen LogP contribution in [0.3, 0.4) is 0 Å². The maximum Gasteiger partial charge on any atom is 0.325 e. The number of nitrogens with zero attached hydrogens (tertiary/aromatic N) is 3. The van der Waals surface area contributed by atoms with Gasteiger partial charge in [-0.25, -0.2) is 32.0 Å². The first kappa shape index (κ1) is 18.4. The van der Waals surface area contributed by atoms with Gasteiger partial charge in [0.25, 0.3) is 0 Å². The van der Waals surface area contributed by atoms with Gasteiger partial charge >= 0.3 is 6.03 Å². The van der Waals surface area contributed by atoms with Crippen LogP contribution in [-0.4, -0.2) is 40.9 Å². The Hall–Kier alpha value is -3.35. The SMILES string of the molecule is Cc1[nH]nc2ncnc(NC(=O)Nc3c(F)ccc(NS(C)(=O)=O)c3F)c12. The van der Waals surface area contributed by atoms with Crippen LogP contribution in [0.15, 0.2) is 18.5 Å². The van der Waals surface area contributed by atoms with Crippen LogP contribution in [0.5, 0.6) is 0 Å². The number of anilines is 3. The Bertz CT molecular complexity index is 1150. The molecule has 0 aliphatic carbocycles. The number of sulfonamides is 1. The fourth-order valence-corrected chi connectivity index (χ4v) is 2.85. The van der Waals surface area contributed by atoms with Crippen molar-refractivity contribution in [2.24, 2.45) is 0 Å². The lowest BCUT2D eigenvalue weighted by molar-refractivity contribution is 0.262. The van der Waals surface area contributed by atoms with E-state index in [1.165, 1.54) is 0 Å². The smallest absolute Gasteiger partial charge is 0.302 e. The van der Waals surface area contributed by atoms with E-state index in [0.717, 1.165) is 24.7 Å².